The zero-order valence-corrected chi connectivity index (χ0v) is 12.9. The fraction of sp³-hybridized carbons (Fsp3) is 0.923. The number of nitrogens with zero attached hydrogens (tertiary/aromatic N) is 2. The van der Waals surface area contributed by atoms with E-state index < -0.39 is 0 Å². The van der Waals surface area contributed by atoms with E-state index in [1.807, 2.05) is 11.8 Å². The Labute approximate surface area is 115 Å². The van der Waals surface area contributed by atoms with Crippen LogP contribution in [-0.2, 0) is 0 Å². The van der Waals surface area contributed by atoms with Crippen LogP contribution in [0.2, 0.25) is 0 Å². The smallest absolute Gasteiger partial charge is 0.139 e. The lowest BCUT2D eigenvalue weighted by molar-refractivity contribution is 0.0871. The molecular weight excluding hydrogens is 248 g/mol. The van der Waals surface area contributed by atoms with Gasteiger partial charge in [-0.05, 0) is 33.6 Å². The fourth-order valence-corrected chi connectivity index (χ4v) is 4.20. The number of thiocarbonyl (C=S) groups is 1. The number of hydrogen-bond acceptors (Lipinski definition) is 3. The van der Waals surface area contributed by atoms with Gasteiger partial charge >= 0.3 is 0 Å². The number of hydrogen-bond donors (Lipinski definition) is 0. The summed E-state index contributed by atoms with van der Waals surface area (Å²) in [6, 6.07) is 0.796. The first-order chi connectivity index (χ1) is 7.98. The molecule has 0 aromatic rings. The maximum absolute atomic E-state index is 5.49. The summed E-state index contributed by atoms with van der Waals surface area (Å²) in [4.78, 5) is 5.01. The first-order valence-electron chi connectivity index (χ1n) is 6.67. The van der Waals surface area contributed by atoms with Crippen LogP contribution in [0.15, 0.2) is 0 Å². The molecule has 2 aliphatic rings. The van der Waals surface area contributed by atoms with E-state index >= 15 is 0 Å². The van der Waals surface area contributed by atoms with Crippen molar-refractivity contribution in [3.63, 3.8) is 0 Å². The second-order valence-electron chi connectivity index (χ2n) is 6.16. The molecule has 0 bridgehead atoms. The molecule has 1 saturated carbocycles. The van der Waals surface area contributed by atoms with E-state index in [4.69, 9.17) is 12.2 Å². The Hall–Kier alpha value is 0.200. The largest absolute Gasteiger partial charge is 0.340 e. The van der Waals surface area contributed by atoms with Gasteiger partial charge in [-0.3, -0.25) is 4.90 Å². The van der Waals surface area contributed by atoms with Gasteiger partial charge in [-0.25, -0.2) is 0 Å². The zero-order valence-electron chi connectivity index (χ0n) is 11.2. The summed E-state index contributed by atoms with van der Waals surface area (Å²) in [5.74, 6) is 1.09. The molecule has 98 valence electrons. The van der Waals surface area contributed by atoms with Crippen LogP contribution in [0.3, 0.4) is 0 Å². The Kier molecular flexibility index (Phi) is 4.37. The van der Waals surface area contributed by atoms with Crippen LogP contribution in [0.5, 0.6) is 0 Å². The second kappa shape index (κ2) is 5.45. The minimum atomic E-state index is 0.150. The van der Waals surface area contributed by atoms with Gasteiger partial charge in [0.1, 0.15) is 4.32 Å². The maximum atomic E-state index is 5.49. The third kappa shape index (κ3) is 3.36. The van der Waals surface area contributed by atoms with E-state index in [-0.39, 0.29) is 5.54 Å². The molecule has 1 saturated heterocycles. The summed E-state index contributed by atoms with van der Waals surface area (Å²) in [7, 11) is 0. The standard InChI is InChI=1S/C13H24N2S2/c1-13(2,3)15-9-14(10-17-12(15)16)11-7-5-4-6-8-11/h11H,4-10H2,1-3H3. The topological polar surface area (TPSA) is 6.48 Å². The van der Waals surface area contributed by atoms with Crippen LogP contribution in [0, 0.1) is 0 Å². The van der Waals surface area contributed by atoms with Crippen molar-refractivity contribution in [2.45, 2.75) is 64.5 Å². The average molecular weight is 272 g/mol. The average Bonchev–Trinajstić information content (AvgIpc) is 2.29. The van der Waals surface area contributed by atoms with Crippen molar-refractivity contribution < 1.29 is 0 Å². The van der Waals surface area contributed by atoms with Crippen LogP contribution >= 0.6 is 24.0 Å². The molecule has 0 radical (unpaired) electrons. The molecule has 4 heteroatoms. The van der Waals surface area contributed by atoms with Crippen molar-refractivity contribution in [1.82, 2.24) is 9.80 Å². The Bertz CT molecular complexity index is 280. The van der Waals surface area contributed by atoms with Crippen molar-refractivity contribution in [2.24, 2.45) is 0 Å². The van der Waals surface area contributed by atoms with Crippen LogP contribution in [0.4, 0.5) is 0 Å². The first-order valence-corrected chi connectivity index (χ1v) is 8.06. The van der Waals surface area contributed by atoms with Gasteiger partial charge in [-0.2, -0.15) is 0 Å². The molecule has 2 fully saturated rings. The Morgan fingerprint density at radius 1 is 1.18 bits per heavy atom. The predicted octanol–water partition coefficient (Wildman–Crippen LogP) is 3.67. The molecule has 0 N–H and O–H groups in total. The van der Waals surface area contributed by atoms with Gasteiger partial charge < -0.3 is 4.90 Å². The highest BCUT2D eigenvalue weighted by atomic mass is 32.2. The van der Waals surface area contributed by atoms with Crippen LogP contribution in [0.25, 0.3) is 0 Å². The molecule has 2 nitrogen and oxygen atoms in total. The highest BCUT2D eigenvalue weighted by Gasteiger charge is 2.33. The molecule has 0 unspecified atom stereocenters. The molecule has 2 rings (SSSR count). The molecule has 17 heavy (non-hydrogen) atoms. The molecule has 0 amide bonds. The number of thioether (sulfide) groups is 1. The van der Waals surface area contributed by atoms with Gasteiger partial charge in [-0.15, -0.1) is 0 Å². The van der Waals surface area contributed by atoms with E-state index in [2.05, 4.69) is 30.6 Å². The number of rotatable bonds is 1. The van der Waals surface area contributed by atoms with Crippen molar-refractivity contribution in [1.29, 1.82) is 0 Å². The lowest BCUT2D eigenvalue weighted by Crippen LogP contribution is -2.55. The van der Waals surface area contributed by atoms with Gasteiger partial charge in [0.2, 0.25) is 0 Å². The third-order valence-electron chi connectivity index (χ3n) is 3.80. The van der Waals surface area contributed by atoms with Crippen molar-refractivity contribution in [3.05, 3.63) is 0 Å². The normalized spacial score (nSPS) is 25.4. The minimum absolute atomic E-state index is 0.150. The highest BCUT2D eigenvalue weighted by molar-refractivity contribution is 8.22. The zero-order chi connectivity index (χ0) is 12.5. The van der Waals surface area contributed by atoms with Crippen LogP contribution in [-0.4, -0.2) is 38.2 Å². The monoisotopic (exact) mass is 272 g/mol. The summed E-state index contributed by atoms with van der Waals surface area (Å²) in [6.07, 6.45) is 7.01. The Balaban J connectivity index is 1.99. The summed E-state index contributed by atoms with van der Waals surface area (Å²) >= 11 is 7.33. The molecule has 1 aliphatic carbocycles. The molecule has 1 aliphatic heterocycles. The van der Waals surface area contributed by atoms with E-state index in [1.54, 1.807) is 0 Å². The fourth-order valence-electron chi connectivity index (χ4n) is 2.65. The van der Waals surface area contributed by atoms with Gasteiger partial charge in [0, 0.05) is 11.6 Å². The molecular formula is C13H24N2S2. The van der Waals surface area contributed by atoms with Crippen molar-refractivity contribution >= 4 is 28.3 Å². The first kappa shape index (κ1) is 13.6. The van der Waals surface area contributed by atoms with Gasteiger partial charge in [-0.1, -0.05) is 43.2 Å². The predicted molar refractivity (Wildman–Crippen MR) is 80.2 cm³/mol. The van der Waals surface area contributed by atoms with Gasteiger partial charge in [0.05, 0.1) is 12.5 Å². The van der Waals surface area contributed by atoms with Crippen molar-refractivity contribution in [2.75, 3.05) is 12.5 Å². The molecule has 1 heterocycles. The summed E-state index contributed by atoms with van der Waals surface area (Å²) in [6.45, 7) is 7.79. The Morgan fingerprint density at radius 2 is 1.82 bits per heavy atom. The molecule has 0 aromatic heterocycles. The second-order valence-corrected chi connectivity index (χ2v) is 7.74. The summed E-state index contributed by atoms with van der Waals surface area (Å²) < 4.78 is 1.07. The quantitative estimate of drug-likeness (QED) is 0.672. The summed E-state index contributed by atoms with van der Waals surface area (Å²) in [5.41, 5.74) is 0.150. The van der Waals surface area contributed by atoms with Crippen molar-refractivity contribution in [3.8, 4) is 0 Å². The maximum Gasteiger partial charge on any atom is 0.139 e. The minimum Gasteiger partial charge on any atom is -0.340 e. The Morgan fingerprint density at radius 3 is 2.41 bits per heavy atom. The van der Waals surface area contributed by atoms with E-state index in [1.165, 1.54) is 32.1 Å². The summed E-state index contributed by atoms with van der Waals surface area (Å²) in [5, 5.41) is 0. The molecule has 0 spiro atoms. The van der Waals surface area contributed by atoms with E-state index in [0.717, 1.165) is 22.9 Å². The molecule has 0 aromatic carbocycles. The SMILES string of the molecule is CC(C)(C)N1CN(C2CCCCC2)CSC1=S. The van der Waals surface area contributed by atoms with E-state index in [0.29, 0.717) is 0 Å². The van der Waals surface area contributed by atoms with Gasteiger partial charge in [0.25, 0.3) is 0 Å². The van der Waals surface area contributed by atoms with Crippen LogP contribution in [0.1, 0.15) is 52.9 Å². The van der Waals surface area contributed by atoms with Gasteiger partial charge in [0.15, 0.2) is 0 Å². The lowest BCUT2D eigenvalue weighted by Gasteiger charge is -2.47. The third-order valence-corrected chi connectivity index (χ3v) is 5.30. The van der Waals surface area contributed by atoms with Crippen LogP contribution < -0.4 is 0 Å². The van der Waals surface area contributed by atoms with E-state index in [9.17, 15) is 0 Å². The lowest BCUT2D eigenvalue weighted by atomic mass is 9.94. The molecule has 0 atom stereocenters. The highest BCUT2D eigenvalue weighted by Crippen LogP contribution is 2.31.